The number of ether oxygens (including phenoxy) is 1. The Labute approximate surface area is 190 Å². The van der Waals surface area contributed by atoms with E-state index in [9.17, 15) is 13.2 Å². The number of nitrogens with zero attached hydrogens (tertiary/aromatic N) is 2. The molecule has 2 heterocycles. The fraction of sp³-hybridized carbons (Fsp3) is 0.261. The number of aryl methyl sites for hydroxylation is 2. The Bertz CT molecular complexity index is 1280. The zero-order chi connectivity index (χ0) is 22.9. The summed E-state index contributed by atoms with van der Waals surface area (Å²) in [5.41, 5.74) is 3.66. The lowest BCUT2D eigenvalue weighted by Gasteiger charge is -2.18. The molecule has 1 aliphatic rings. The molecular weight excluding hydrogens is 428 g/mol. The predicted octanol–water partition coefficient (Wildman–Crippen LogP) is 3.95. The van der Waals surface area contributed by atoms with Gasteiger partial charge < -0.3 is 10.1 Å². The number of hydrogen-bond acceptors (Lipinski definition) is 6. The smallest absolute Gasteiger partial charge is 0.264 e. The summed E-state index contributed by atoms with van der Waals surface area (Å²) in [6.45, 7) is 6.04. The van der Waals surface area contributed by atoms with Gasteiger partial charge in [0.15, 0.2) is 0 Å². The van der Waals surface area contributed by atoms with Gasteiger partial charge in [0.1, 0.15) is 6.61 Å². The second-order valence-electron chi connectivity index (χ2n) is 7.70. The lowest BCUT2D eigenvalue weighted by Crippen LogP contribution is -2.38. The van der Waals surface area contributed by atoms with Crippen molar-refractivity contribution in [2.75, 3.05) is 11.3 Å². The largest absolute Gasteiger partial charge is 0.475 e. The van der Waals surface area contributed by atoms with Gasteiger partial charge in [-0.25, -0.2) is 18.1 Å². The third kappa shape index (κ3) is 4.43. The van der Waals surface area contributed by atoms with Gasteiger partial charge in [-0.1, -0.05) is 31.2 Å². The van der Waals surface area contributed by atoms with Crippen molar-refractivity contribution in [3.05, 3.63) is 65.2 Å². The zero-order valence-corrected chi connectivity index (χ0v) is 18.9. The van der Waals surface area contributed by atoms with Crippen molar-refractivity contribution < 1.29 is 20.8 Å². The Kier molecular flexibility index (Phi) is 5.84. The molecule has 8 nitrogen and oxygen atoms in total. The van der Waals surface area contributed by atoms with E-state index in [1.807, 2.05) is 39.0 Å². The number of fused-ring (bicyclic) bond motifs is 4. The van der Waals surface area contributed by atoms with Crippen LogP contribution in [0.1, 0.15) is 37.7 Å². The van der Waals surface area contributed by atoms with Gasteiger partial charge in [-0.05, 0) is 49.6 Å². The topological polar surface area (TPSA) is 110 Å². The van der Waals surface area contributed by atoms with E-state index in [0.29, 0.717) is 12.1 Å². The van der Waals surface area contributed by atoms with E-state index in [1.165, 1.54) is 18.2 Å². The Hall–Kier alpha value is -3.46. The maximum Gasteiger partial charge on any atom is 0.264 e. The summed E-state index contributed by atoms with van der Waals surface area (Å²) in [5.74, 6) is -0.253. The lowest BCUT2D eigenvalue weighted by atomic mass is 10.00. The van der Waals surface area contributed by atoms with Crippen LogP contribution >= 0.6 is 0 Å². The van der Waals surface area contributed by atoms with E-state index in [-0.39, 0.29) is 43.7 Å². The molecule has 9 heteroatoms. The average Bonchev–Trinajstić information content (AvgIpc) is 2.75. The summed E-state index contributed by atoms with van der Waals surface area (Å²) in [6.07, 6.45) is 0.629. The van der Waals surface area contributed by atoms with Crippen molar-refractivity contribution in [2.45, 2.75) is 38.1 Å². The van der Waals surface area contributed by atoms with E-state index in [1.54, 1.807) is 12.1 Å². The number of aromatic nitrogens is 2. The first-order valence-corrected chi connectivity index (χ1v) is 11.8. The van der Waals surface area contributed by atoms with Crippen molar-refractivity contribution in [2.24, 2.45) is 0 Å². The molecule has 1 aliphatic heterocycles. The molecule has 1 aromatic heterocycles. The summed E-state index contributed by atoms with van der Waals surface area (Å²) in [7, 11) is -4.03. The molecule has 4 bridgehead atoms. The Morgan fingerprint density at radius 3 is 2.53 bits per heavy atom. The monoisotopic (exact) mass is 456 g/mol. The molecule has 2 aromatic carbocycles. The molecule has 0 radical (unpaired) electrons. The minimum absolute atomic E-state index is 0. The number of carbonyl (C=O) groups is 1. The number of benzene rings is 2. The third-order valence-corrected chi connectivity index (χ3v) is 6.66. The van der Waals surface area contributed by atoms with E-state index in [4.69, 9.17) is 4.74 Å². The highest BCUT2D eigenvalue weighted by Crippen LogP contribution is 2.29. The minimum Gasteiger partial charge on any atom is -0.475 e. The SMILES string of the molecule is CC[C@@H]1COc2cc(-c3c(C)cccc3C)nc(n2)NS(=O)(=O)c2cccc(c2)C(=O)N1.[HH].[HH]. The fourth-order valence-electron chi connectivity index (χ4n) is 3.59. The average molecular weight is 457 g/mol. The molecule has 1 atom stereocenters. The van der Waals surface area contributed by atoms with Gasteiger partial charge in [-0.2, -0.15) is 4.98 Å². The van der Waals surface area contributed by atoms with Crippen molar-refractivity contribution >= 4 is 21.9 Å². The number of rotatable bonds is 2. The molecule has 0 fully saturated rings. The molecule has 0 saturated heterocycles. The molecule has 1 amide bonds. The number of sulfonamides is 1. The highest BCUT2D eigenvalue weighted by atomic mass is 32.2. The van der Waals surface area contributed by atoms with Crippen molar-refractivity contribution in [1.29, 1.82) is 0 Å². The van der Waals surface area contributed by atoms with Crippen LogP contribution in [0.2, 0.25) is 0 Å². The maximum atomic E-state index is 13.0. The van der Waals surface area contributed by atoms with Crippen LogP contribution in [0.25, 0.3) is 11.3 Å². The summed E-state index contributed by atoms with van der Waals surface area (Å²) in [5, 5.41) is 2.89. The van der Waals surface area contributed by atoms with Crippen LogP contribution in [0.5, 0.6) is 5.88 Å². The standard InChI is InChI=1S/C23H24N4O4S.2H2/c1-4-17-13-31-20-12-19(21-14(2)7-5-8-15(21)3)25-23(26-20)27-32(29,30)18-10-6-9-16(11-18)22(28)24-17;;/h5-12,17H,4,13H2,1-3H3,(H,24,28)(H,25,26,27);2*1H/t17-;;/m1../s1. The first kappa shape index (κ1) is 21.8. The van der Waals surface area contributed by atoms with Crippen LogP contribution in [-0.4, -0.2) is 36.9 Å². The van der Waals surface area contributed by atoms with Crippen LogP contribution in [0, 0.1) is 13.8 Å². The van der Waals surface area contributed by atoms with E-state index < -0.39 is 10.0 Å². The Balaban J connectivity index is 0.00000204. The predicted molar refractivity (Wildman–Crippen MR) is 125 cm³/mol. The van der Waals surface area contributed by atoms with Crippen LogP contribution < -0.4 is 14.8 Å². The van der Waals surface area contributed by atoms with Crippen LogP contribution in [0.15, 0.2) is 53.4 Å². The summed E-state index contributed by atoms with van der Waals surface area (Å²) in [4.78, 5) is 21.3. The van der Waals surface area contributed by atoms with Crippen LogP contribution in [0.4, 0.5) is 5.95 Å². The molecule has 0 spiro atoms. The molecular formula is C23H28N4O4S. The van der Waals surface area contributed by atoms with Gasteiger partial charge in [0, 0.05) is 20.0 Å². The van der Waals surface area contributed by atoms with Gasteiger partial charge in [0.05, 0.1) is 16.6 Å². The van der Waals surface area contributed by atoms with Crippen molar-refractivity contribution in [3.63, 3.8) is 0 Å². The summed E-state index contributed by atoms with van der Waals surface area (Å²) in [6, 6.07) is 13.1. The molecule has 32 heavy (non-hydrogen) atoms. The van der Waals surface area contributed by atoms with E-state index >= 15 is 0 Å². The quantitative estimate of drug-likeness (QED) is 0.604. The highest BCUT2D eigenvalue weighted by Gasteiger charge is 2.22. The van der Waals surface area contributed by atoms with E-state index in [2.05, 4.69) is 20.0 Å². The second-order valence-corrected chi connectivity index (χ2v) is 9.39. The maximum absolute atomic E-state index is 13.0. The molecule has 2 N–H and O–H groups in total. The molecule has 0 saturated carbocycles. The number of hydrogen-bond donors (Lipinski definition) is 2. The Morgan fingerprint density at radius 1 is 1.09 bits per heavy atom. The third-order valence-electron chi connectivity index (χ3n) is 5.33. The molecule has 0 unspecified atom stereocenters. The molecule has 4 rings (SSSR count). The lowest BCUT2D eigenvalue weighted by molar-refractivity contribution is 0.0919. The van der Waals surface area contributed by atoms with Crippen molar-refractivity contribution in [3.8, 4) is 17.1 Å². The Morgan fingerprint density at radius 2 is 1.81 bits per heavy atom. The normalized spacial score (nSPS) is 17.6. The first-order chi connectivity index (χ1) is 15.3. The number of amides is 1. The van der Waals surface area contributed by atoms with Gasteiger partial charge >= 0.3 is 0 Å². The van der Waals surface area contributed by atoms with Gasteiger partial charge in [0.2, 0.25) is 11.8 Å². The molecule has 170 valence electrons. The summed E-state index contributed by atoms with van der Waals surface area (Å²) >= 11 is 0. The minimum atomic E-state index is -4.03. The number of anilines is 1. The second kappa shape index (κ2) is 8.58. The summed E-state index contributed by atoms with van der Waals surface area (Å²) < 4.78 is 34.4. The van der Waals surface area contributed by atoms with Crippen molar-refractivity contribution in [1.82, 2.24) is 15.3 Å². The number of carbonyl (C=O) groups excluding carboxylic acids is 1. The fourth-order valence-corrected chi connectivity index (χ4v) is 4.58. The van der Waals surface area contributed by atoms with Crippen LogP contribution in [0.3, 0.4) is 0 Å². The zero-order valence-electron chi connectivity index (χ0n) is 18.0. The van der Waals surface area contributed by atoms with Gasteiger partial charge in [-0.15, -0.1) is 0 Å². The number of nitrogens with one attached hydrogen (secondary N) is 2. The van der Waals surface area contributed by atoms with Gasteiger partial charge in [0.25, 0.3) is 15.9 Å². The molecule has 3 aromatic rings. The van der Waals surface area contributed by atoms with Crippen LogP contribution in [-0.2, 0) is 10.0 Å². The highest BCUT2D eigenvalue weighted by molar-refractivity contribution is 7.92. The first-order valence-electron chi connectivity index (χ1n) is 10.3. The molecule has 0 aliphatic carbocycles. The van der Waals surface area contributed by atoms with Gasteiger partial charge in [-0.3, -0.25) is 4.79 Å². The van der Waals surface area contributed by atoms with E-state index in [0.717, 1.165) is 16.7 Å².